The molecule has 1 aliphatic rings. The van der Waals surface area contributed by atoms with E-state index in [0.29, 0.717) is 30.0 Å². The Labute approximate surface area is 175 Å². The highest BCUT2D eigenvalue weighted by Crippen LogP contribution is 2.44. The summed E-state index contributed by atoms with van der Waals surface area (Å²) in [5.41, 5.74) is -0.0204. The molecule has 0 bridgehead atoms. The molecule has 2 heterocycles. The third-order valence-corrected chi connectivity index (χ3v) is 5.21. The van der Waals surface area contributed by atoms with Crippen LogP contribution in [0.3, 0.4) is 0 Å². The number of methoxy groups -OCH3 is 1. The molecule has 4 rings (SSSR count). The monoisotopic (exact) mass is 432 g/mol. The number of nitrogens with zero attached hydrogens (tertiary/aromatic N) is 2. The minimum atomic E-state index is -4.80. The maximum absolute atomic E-state index is 13.9. The van der Waals surface area contributed by atoms with Gasteiger partial charge in [-0.25, -0.2) is 9.78 Å². The third-order valence-electron chi connectivity index (χ3n) is 5.21. The Bertz CT molecular complexity index is 1110. The summed E-state index contributed by atoms with van der Waals surface area (Å²) < 4.78 is 53.4. The minimum Gasteiger partial charge on any atom is -0.493 e. The summed E-state index contributed by atoms with van der Waals surface area (Å²) in [5, 5.41) is 10.6. The first-order chi connectivity index (χ1) is 14.8. The molecule has 31 heavy (non-hydrogen) atoms. The summed E-state index contributed by atoms with van der Waals surface area (Å²) in [7, 11) is 1.01. The number of halogens is 3. The highest BCUT2D eigenvalue weighted by Gasteiger charge is 2.39. The molecule has 3 aromatic rings. The van der Waals surface area contributed by atoms with E-state index >= 15 is 0 Å². The van der Waals surface area contributed by atoms with Crippen molar-refractivity contribution in [1.29, 1.82) is 0 Å². The van der Waals surface area contributed by atoms with Crippen LogP contribution in [-0.2, 0) is 22.1 Å². The van der Waals surface area contributed by atoms with Crippen molar-refractivity contribution in [3.8, 4) is 22.6 Å². The Morgan fingerprint density at radius 1 is 1.29 bits per heavy atom. The summed E-state index contributed by atoms with van der Waals surface area (Å²) in [5.74, 6) is -0.517. The van der Waals surface area contributed by atoms with Gasteiger partial charge in [0.2, 0.25) is 0 Å². The van der Waals surface area contributed by atoms with Crippen molar-refractivity contribution in [3.05, 3.63) is 65.7 Å². The van der Waals surface area contributed by atoms with E-state index in [9.17, 15) is 23.1 Å². The van der Waals surface area contributed by atoms with Crippen LogP contribution in [0.4, 0.5) is 13.2 Å². The van der Waals surface area contributed by atoms with Gasteiger partial charge in [-0.05, 0) is 48.2 Å². The van der Waals surface area contributed by atoms with Gasteiger partial charge in [-0.3, -0.25) is 0 Å². The molecule has 1 N–H and O–H groups in total. The van der Waals surface area contributed by atoms with Crippen molar-refractivity contribution >= 4 is 5.97 Å². The molecule has 6 nitrogen and oxygen atoms in total. The summed E-state index contributed by atoms with van der Waals surface area (Å²) in [6.45, 7) is 0.572. The van der Waals surface area contributed by atoms with Crippen molar-refractivity contribution in [2.75, 3.05) is 13.7 Å². The Hall–Kier alpha value is -3.33. The van der Waals surface area contributed by atoms with E-state index in [-0.39, 0.29) is 5.56 Å². The number of aliphatic hydroxyl groups is 1. The smallest absolute Gasteiger partial charge is 0.416 e. The standard InChI is InChI=1S/C22H19F3N2O4/c1-30-21(29)20(28)19-15(22(23,24)25)5-6-16(27-9-8-26-12-27)18(19)14-4-7-17-13(11-14)3-2-10-31-17/h4-9,11-12,20,28H,2-3,10H2,1H3. The number of ether oxygens (including phenoxy) is 2. The van der Waals surface area contributed by atoms with Crippen LogP contribution >= 0.6 is 0 Å². The topological polar surface area (TPSA) is 73.6 Å². The number of aliphatic hydroxyl groups excluding tert-OH is 1. The number of carbonyl (C=O) groups excluding carboxylic acids is 1. The predicted octanol–water partition coefficient (Wildman–Crippen LogP) is 4.09. The number of esters is 1. The highest BCUT2D eigenvalue weighted by molar-refractivity contribution is 5.86. The second-order valence-corrected chi connectivity index (χ2v) is 7.09. The molecular formula is C22H19F3N2O4. The molecule has 2 aromatic carbocycles. The highest BCUT2D eigenvalue weighted by atomic mass is 19.4. The van der Waals surface area contributed by atoms with Crippen LogP contribution in [-0.4, -0.2) is 34.3 Å². The van der Waals surface area contributed by atoms with E-state index < -0.39 is 29.4 Å². The summed E-state index contributed by atoms with van der Waals surface area (Å²) in [4.78, 5) is 16.1. The van der Waals surface area contributed by atoms with Crippen LogP contribution in [0.25, 0.3) is 16.8 Å². The molecule has 1 aliphatic heterocycles. The normalized spacial score (nSPS) is 14.5. The van der Waals surface area contributed by atoms with Gasteiger partial charge in [0, 0.05) is 23.5 Å². The predicted molar refractivity (Wildman–Crippen MR) is 105 cm³/mol. The number of imidazole rings is 1. The van der Waals surface area contributed by atoms with E-state index in [4.69, 9.17) is 4.74 Å². The number of rotatable bonds is 4. The quantitative estimate of drug-likeness (QED) is 0.629. The SMILES string of the molecule is COC(=O)C(O)c1c(C(F)(F)F)ccc(-n2ccnc2)c1-c1ccc2c(c1)CCCO2. The lowest BCUT2D eigenvalue weighted by molar-refractivity contribution is -0.152. The number of benzene rings is 2. The molecule has 1 unspecified atom stereocenters. The van der Waals surface area contributed by atoms with Crippen molar-refractivity contribution in [2.24, 2.45) is 0 Å². The van der Waals surface area contributed by atoms with Crippen molar-refractivity contribution in [2.45, 2.75) is 25.1 Å². The fourth-order valence-electron chi connectivity index (χ4n) is 3.80. The lowest BCUT2D eigenvalue weighted by Gasteiger charge is -2.24. The van der Waals surface area contributed by atoms with Crippen LogP contribution in [0.15, 0.2) is 49.1 Å². The average molecular weight is 432 g/mol. The Morgan fingerprint density at radius 2 is 2.10 bits per heavy atom. The number of hydrogen-bond donors (Lipinski definition) is 1. The van der Waals surface area contributed by atoms with Crippen LogP contribution in [0.5, 0.6) is 5.75 Å². The molecule has 0 saturated heterocycles. The number of hydrogen-bond acceptors (Lipinski definition) is 5. The zero-order valence-corrected chi connectivity index (χ0v) is 16.5. The van der Waals surface area contributed by atoms with Crippen LogP contribution in [0.1, 0.15) is 29.2 Å². The Morgan fingerprint density at radius 3 is 2.77 bits per heavy atom. The van der Waals surface area contributed by atoms with E-state index in [2.05, 4.69) is 9.72 Å². The second-order valence-electron chi connectivity index (χ2n) is 7.09. The van der Waals surface area contributed by atoms with Gasteiger partial charge in [-0.2, -0.15) is 13.2 Å². The average Bonchev–Trinajstić information content (AvgIpc) is 3.31. The number of aryl methyl sites for hydroxylation is 1. The first kappa shape index (κ1) is 20.9. The number of carbonyl (C=O) groups is 1. The second kappa shape index (κ2) is 8.07. The zero-order valence-electron chi connectivity index (χ0n) is 16.5. The molecule has 0 amide bonds. The lowest BCUT2D eigenvalue weighted by Crippen LogP contribution is -2.21. The Balaban J connectivity index is 2.05. The van der Waals surface area contributed by atoms with Gasteiger partial charge >= 0.3 is 12.1 Å². The maximum atomic E-state index is 13.9. The fourth-order valence-corrected chi connectivity index (χ4v) is 3.80. The summed E-state index contributed by atoms with van der Waals surface area (Å²) in [6, 6.07) is 7.19. The van der Waals surface area contributed by atoms with E-state index in [1.165, 1.54) is 23.2 Å². The van der Waals surface area contributed by atoms with Gasteiger partial charge in [0.15, 0.2) is 6.10 Å². The van der Waals surface area contributed by atoms with Gasteiger partial charge in [-0.15, -0.1) is 0 Å². The third kappa shape index (κ3) is 3.88. The first-order valence-electron chi connectivity index (χ1n) is 9.55. The summed E-state index contributed by atoms with van der Waals surface area (Å²) in [6.07, 6.45) is -0.957. The van der Waals surface area contributed by atoms with Gasteiger partial charge in [-0.1, -0.05) is 6.07 Å². The van der Waals surface area contributed by atoms with Crippen LogP contribution < -0.4 is 4.74 Å². The van der Waals surface area contributed by atoms with Crippen molar-refractivity contribution < 1.29 is 32.5 Å². The van der Waals surface area contributed by atoms with Gasteiger partial charge in [0.05, 0.1) is 31.3 Å². The fraction of sp³-hybridized carbons (Fsp3) is 0.273. The number of aromatic nitrogens is 2. The molecule has 0 saturated carbocycles. The maximum Gasteiger partial charge on any atom is 0.416 e. The van der Waals surface area contributed by atoms with E-state index in [0.717, 1.165) is 25.2 Å². The van der Waals surface area contributed by atoms with Crippen molar-refractivity contribution in [1.82, 2.24) is 9.55 Å². The Kier molecular flexibility index (Phi) is 5.45. The van der Waals surface area contributed by atoms with Gasteiger partial charge < -0.3 is 19.1 Å². The minimum absolute atomic E-state index is 0.0686. The molecule has 1 aromatic heterocycles. The molecule has 0 radical (unpaired) electrons. The molecule has 0 aliphatic carbocycles. The first-order valence-corrected chi connectivity index (χ1v) is 9.55. The van der Waals surface area contributed by atoms with Crippen LogP contribution in [0, 0.1) is 0 Å². The molecule has 1 atom stereocenters. The number of alkyl halides is 3. The van der Waals surface area contributed by atoms with Gasteiger partial charge in [0.1, 0.15) is 5.75 Å². The largest absolute Gasteiger partial charge is 0.493 e. The van der Waals surface area contributed by atoms with Crippen molar-refractivity contribution in [3.63, 3.8) is 0 Å². The zero-order chi connectivity index (χ0) is 22.2. The molecular weight excluding hydrogens is 413 g/mol. The molecule has 0 fully saturated rings. The molecule has 9 heteroatoms. The molecule has 0 spiro atoms. The van der Waals surface area contributed by atoms with Gasteiger partial charge in [0.25, 0.3) is 0 Å². The van der Waals surface area contributed by atoms with Crippen LogP contribution in [0.2, 0.25) is 0 Å². The number of fused-ring (bicyclic) bond motifs is 1. The molecule has 162 valence electrons. The summed E-state index contributed by atoms with van der Waals surface area (Å²) >= 11 is 0. The van der Waals surface area contributed by atoms with E-state index in [1.807, 2.05) is 0 Å². The lowest BCUT2D eigenvalue weighted by atomic mass is 9.88. The van der Waals surface area contributed by atoms with E-state index in [1.54, 1.807) is 24.4 Å².